The third-order valence-electron chi connectivity index (χ3n) is 4.14. The van der Waals surface area contributed by atoms with E-state index in [1.54, 1.807) is 5.32 Å². The smallest absolute Gasteiger partial charge is 0.318 e. The first-order valence-electron chi connectivity index (χ1n) is 10.1. The molecule has 7 nitrogen and oxygen atoms in total. The Balaban J connectivity index is 0.000000346. The van der Waals surface area contributed by atoms with Crippen molar-refractivity contribution in [3.8, 4) is 0 Å². The molecule has 1 aliphatic heterocycles. The van der Waals surface area contributed by atoms with E-state index in [2.05, 4.69) is 23.6 Å². The van der Waals surface area contributed by atoms with Crippen LogP contribution in [-0.2, 0) is 9.59 Å². The van der Waals surface area contributed by atoms with Crippen molar-refractivity contribution < 1.29 is 14.4 Å². The number of aryl methyl sites for hydroxylation is 1. The Hall–Kier alpha value is -2.28. The van der Waals surface area contributed by atoms with Gasteiger partial charge >= 0.3 is 6.03 Å². The quantitative estimate of drug-likeness (QED) is 0.776. The summed E-state index contributed by atoms with van der Waals surface area (Å²) in [6.07, 6.45) is 6.09. The molecule has 0 aromatic heterocycles. The van der Waals surface area contributed by atoms with Gasteiger partial charge in [-0.1, -0.05) is 37.8 Å². The van der Waals surface area contributed by atoms with Gasteiger partial charge < -0.3 is 15.5 Å². The topological polar surface area (TPSA) is 95.7 Å². The minimum absolute atomic E-state index is 0.282. The largest absolute Gasteiger partial charge is 0.368 e. The molecule has 1 aromatic rings. The molecule has 162 valence electrons. The summed E-state index contributed by atoms with van der Waals surface area (Å²) < 4.78 is 0. The summed E-state index contributed by atoms with van der Waals surface area (Å²) in [5.41, 5.74) is 6.86. The van der Waals surface area contributed by atoms with Gasteiger partial charge in [0.1, 0.15) is 0 Å². The van der Waals surface area contributed by atoms with E-state index in [1.807, 2.05) is 24.0 Å². The van der Waals surface area contributed by atoms with Crippen LogP contribution in [0.1, 0.15) is 51.5 Å². The average Bonchev–Trinajstić information content (AvgIpc) is 3.50. The van der Waals surface area contributed by atoms with Gasteiger partial charge in [-0.3, -0.25) is 14.9 Å². The Bertz CT molecular complexity index is 651. The lowest BCUT2D eigenvalue weighted by molar-refractivity contribution is -0.131. The molecule has 0 radical (unpaired) electrons. The van der Waals surface area contributed by atoms with Gasteiger partial charge in [-0.05, 0) is 37.1 Å². The maximum Gasteiger partial charge on any atom is 0.318 e. The molecule has 4 amide bonds. The number of amides is 4. The summed E-state index contributed by atoms with van der Waals surface area (Å²) in [5, 5.41) is 2.58. The fourth-order valence-electron chi connectivity index (χ4n) is 2.66. The summed E-state index contributed by atoms with van der Waals surface area (Å²) >= 11 is 6.10. The molecule has 1 aromatic carbocycles. The van der Waals surface area contributed by atoms with Gasteiger partial charge in [0, 0.05) is 50.2 Å². The number of rotatable bonds is 3. The molecule has 1 heterocycles. The van der Waals surface area contributed by atoms with Crippen molar-refractivity contribution in [3.63, 3.8) is 0 Å². The first-order chi connectivity index (χ1) is 13.7. The number of hydrogen-bond acceptors (Lipinski definition) is 4. The van der Waals surface area contributed by atoms with Gasteiger partial charge in [0.15, 0.2) is 0 Å². The zero-order chi connectivity index (χ0) is 21.8. The molecular weight excluding hydrogens is 392 g/mol. The van der Waals surface area contributed by atoms with Crippen LogP contribution >= 0.6 is 11.6 Å². The minimum atomic E-state index is -0.812. The van der Waals surface area contributed by atoms with E-state index in [1.165, 1.54) is 31.7 Å². The highest BCUT2D eigenvalue weighted by molar-refractivity contribution is 6.30. The molecule has 3 rings (SSSR count). The zero-order valence-corrected chi connectivity index (χ0v) is 18.4. The number of nitrogens with zero attached hydrogens (tertiary/aromatic N) is 2. The third kappa shape index (κ3) is 11.3. The lowest BCUT2D eigenvalue weighted by Crippen LogP contribution is -2.48. The van der Waals surface area contributed by atoms with Gasteiger partial charge in [0.2, 0.25) is 11.8 Å². The van der Waals surface area contributed by atoms with Crippen molar-refractivity contribution in [1.82, 2.24) is 10.2 Å². The van der Waals surface area contributed by atoms with E-state index in [9.17, 15) is 14.4 Å². The minimum Gasteiger partial charge on any atom is -0.368 e. The summed E-state index contributed by atoms with van der Waals surface area (Å²) in [7, 11) is 0. The first kappa shape index (κ1) is 24.8. The van der Waals surface area contributed by atoms with Gasteiger partial charge in [-0.15, -0.1) is 0 Å². The van der Waals surface area contributed by atoms with E-state index in [0.29, 0.717) is 6.42 Å². The van der Waals surface area contributed by atoms with Crippen molar-refractivity contribution in [2.75, 3.05) is 31.1 Å². The van der Waals surface area contributed by atoms with Crippen LogP contribution in [0, 0.1) is 6.92 Å². The van der Waals surface area contributed by atoms with Crippen molar-refractivity contribution in [2.45, 2.75) is 52.9 Å². The second-order valence-electron chi connectivity index (χ2n) is 7.21. The normalized spacial score (nSPS) is 14.6. The molecule has 1 aliphatic carbocycles. The van der Waals surface area contributed by atoms with Crippen LogP contribution in [-0.4, -0.2) is 48.9 Å². The third-order valence-corrected chi connectivity index (χ3v) is 4.36. The highest BCUT2D eigenvalue weighted by Gasteiger charge is 2.20. The maximum absolute atomic E-state index is 11.8. The Kier molecular flexibility index (Phi) is 11.1. The number of carbonyl (C=O) groups excluding carboxylic acids is 3. The van der Waals surface area contributed by atoms with Gasteiger partial charge in [-0.2, -0.15) is 0 Å². The van der Waals surface area contributed by atoms with E-state index in [0.717, 1.165) is 43.3 Å². The number of hydrogen-bond donors (Lipinski definition) is 2. The molecule has 1 saturated heterocycles. The predicted molar refractivity (Wildman–Crippen MR) is 117 cm³/mol. The zero-order valence-electron chi connectivity index (χ0n) is 17.7. The van der Waals surface area contributed by atoms with Crippen LogP contribution in [0.3, 0.4) is 0 Å². The first-order valence-corrected chi connectivity index (χ1v) is 10.5. The number of nitrogens with two attached hydrogens (primary N) is 1. The van der Waals surface area contributed by atoms with Crippen LogP contribution in [0.2, 0.25) is 5.02 Å². The second kappa shape index (κ2) is 13.0. The highest BCUT2D eigenvalue weighted by atomic mass is 35.5. The van der Waals surface area contributed by atoms with Gasteiger partial charge in [0.05, 0.1) is 0 Å². The highest BCUT2D eigenvalue weighted by Crippen LogP contribution is 2.23. The van der Waals surface area contributed by atoms with Crippen LogP contribution in [0.5, 0.6) is 0 Å². The Morgan fingerprint density at radius 1 is 1.07 bits per heavy atom. The van der Waals surface area contributed by atoms with E-state index >= 15 is 0 Å². The molecule has 0 bridgehead atoms. The Morgan fingerprint density at radius 3 is 2.03 bits per heavy atom. The number of imide groups is 1. The van der Waals surface area contributed by atoms with E-state index in [4.69, 9.17) is 11.6 Å². The fraction of sp³-hybridized carbons (Fsp3) is 0.571. The number of anilines is 1. The summed E-state index contributed by atoms with van der Waals surface area (Å²) in [6.45, 7) is 8.70. The number of carbonyl (C=O) groups is 3. The summed E-state index contributed by atoms with van der Waals surface area (Å²) in [4.78, 5) is 35.6. The molecule has 0 unspecified atom stereocenters. The maximum atomic E-state index is 11.8. The molecule has 0 spiro atoms. The Labute approximate surface area is 178 Å². The lowest BCUT2D eigenvalue weighted by Gasteiger charge is -2.36. The average molecular weight is 425 g/mol. The van der Waals surface area contributed by atoms with E-state index in [-0.39, 0.29) is 5.91 Å². The van der Waals surface area contributed by atoms with Gasteiger partial charge in [-0.25, -0.2) is 4.79 Å². The van der Waals surface area contributed by atoms with Crippen molar-refractivity contribution in [1.29, 1.82) is 0 Å². The predicted octanol–water partition coefficient (Wildman–Crippen LogP) is 3.47. The molecule has 3 N–H and O–H groups in total. The van der Waals surface area contributed by atoms with Crippen molar-refractivity contribution in [2.24, 2.45) is 5.73 Å². The fourth-order valence-corrected chi connectivity index (χ4v) is 2.94. The second-order valence-corrected chi connectivity index (χ2v) is 7.65. The standard InChI is InChI=1S/C15H21ClN2O.C3H6N2O2.C3H6/c1-3-4-15(19)18-7-5-17(6-8-18)14-10-12(2)9-13(16)11-14;1-2(6)5-3(4)7;1-2-3-1/h9-11H,3-8H2,1-2H3;1H3,(H3,4,5,6,7);1-3H2. The molecule has 2 aliphatic rings. The molecule has 8 heteroatoms. The number of benzene rings is 1. The Morgan fingerprint density at radius 2 is 1.66 bits per heavy atom. The van der Waals surface area contributed by atoms with Crippen LogP contribution in [0.25, 0.3) is 0 Å². The monoisotopic (exact) mass is 424 g/mol. The number of piperazine rings is 1. The molecule has 2 fully saturated rings. The van der Waals surface area contributed by atoms with Crippen LogP contribution in [0.4, 0.5) is 10.5 Å². The summed E-state index contributed by atoms with van der Waals surface area (Å²) in [6, 6.07) is 5.30. The number of halogens is 1. The van der Waals surface area contributed by atoms with Crippen molar-refractivity contribution in [3.05, 3.63) is 28.8 Å². The number of primary amides is 1. The lowest BCUT2D eigenvalue weighted by atomic mass is 10.2. The van der Waals surface area contributed by atoms with Crippen LogP contribution in [0.15, 0.2) is 18.2 Å². The summed E-state index contributed by atoms with van der Waals surface area (Å²) in [5.74, 6) is -0.156. The van der Waals surface area contributed by atoms with Crippen molar-refractivity contribution >= 4 is 35.1 Å². The number of urea groups is 1. The SMILES string of the molecule is C1CC1.CC(=O)NC(N)=O.CCCC(=O)N1CCN(c2cc(C)cc(Cl)c2)CC1. The molecule has 29 heavy (non-hydrogen) atoms. The number of nitrogens with one attached hydrogen (secondary N) is 1. The van der Waals surface area contributed by atoms with Gasteiger partial charge in [0.25, 0.3) is 0 Å². The molecular formula is C21H33ClN4O3. The van der Waals surface area contributed by atoms with Crippen LogP contribution < -0.4 is 16.0 Å². The van der Waals surface area contributed by atoms with E-state index < -0.39 is 11.9 Å². The molecule has 1 saturated carbocycles. The molecule has 0 atom stereocenters.